The molecule has 4 aliphatic heterocycles. The predicted molar refractivity (Wildman–Crippen MR) is 219 cm³/mol. The molecule has 4 heterocycles. The lowest BCUT2D eigenvalue weighted by atomic mass is 9.73. The zero-order valence-corrected chi connectivity index (χ0v) is 37.5. The number of nitrogens with zero attached hydrogens (tertiary/aromatic N) is 2. The van der Waals surface area contributed by atoms with Crippen molar-refractivity contribution in [2.45, 2.75) is 186 Å². The third-order valence-electron chi connectivity index (χ3n) is 13.5. The van der Waals surface area contributed by atoms with Crippen LogP contribution in [-0.2, 0) is 42.7 Å². The average Bonchev–Trinajstić information content (AvgIpc) is 3.19. The molecule has 4 aliphatic rings. The molecule has 4 N–H and O–H groups in total. The molecule has 4 rings (SSSR count). The Bertz CT molecular complexity index is 1490. The van der Waals surface area contributed by atoms with E-state index in [0.29, 0.717) is 30.7 Å². The molecule has 0 spiro atoms. The van der Waals surface area contributed by atoms with Crippen molar-refractivity contribution in [3.05, 3.63) is 12.2 Å². The van der Waals surface area contributed by atoms with Gasteiger partial charge in [0.2, 0.25) is 0 Å². The summed E-state index contributed by atoms with van der Waals surface area (Å²) in [5.74, 6) is -0.863. The maximum absolute atomic E-state index is 14.6. The molecule has 0 aromatic heterocycles. The molecule has 338 valence electrons. The van der Waals surface area contributed by atoms with Gasteiger partial charge in [-0.25, -0.2) is 0 Å². The zero-order valence-electron chi connectivity index (χ0n) is 37.5. The van der Waals surface area contributed by atoms with Crippen molar-refractivity contribution in [1.82, 2.24) is 4.90 Å². The number of likely N-dealkylation sites (N-methyl/N-ethyl adjacent to an activating group) is 1. The van der Waals surface area contributed by atoms with Crippen molar-refractivity contribution in [3.8, 4) is 12.3 Å². The highest BCUT2D eigenvalue weighted by molar-refractivity contribution is 5.88. The lowest BCUT2D eigenvalue weighted by molar-refractivity contribution is -0.320. The van der Waals surface area contributed by atoms with Gasteiger partial charge in [0.25, 0.3) is 0 Å². The molecule has 5 unspecified atom stereocenters. The number of aliphatic hydroxyl groups is 3. The first-order valence-corrected chi connectivity index (χ1v) is 21.3. The highest BCUT2D eigenvalue weighted by atomic mass is 16.7. The summed E-state index contributed by atoms with van der Waals surface area (Å²) < 4.78 is 52.0. The van der Waals surface area contributed by atoms with Crippen LogP contribution in [0.1, 0.15) is 101 Å². The summed E-state index contributed by atoms with van der Waals surface area (Å²) in [6.07, 6.45) is -2.04. The number of rotatable bonds is 9. The number of oxime groups is 1. The Hall–Kier alpha value is -2.20. The van der Waals surface area contributed by atoms with Crippen molar-refractivity contribution in [2.24, 2.45) is 28.8 Å². The van der Waals surface area contributed by atoms with Crippen molar-refractivity contribution < 1.29 is 63.2 Å². The van der Waals surface area contributed by atoms with Gasteiger partial charge in [0, 0.05) is 50.3 Å². The second-order valence-corrected chi connectivity index (χ2v) is 18.3. The number of methoxy groups -OCH3 is 1. The number of hydrogen-bond acceptors (Lipinski definition) is 15. The van der Waals surface area contributed by atoms with Crippen LogP contribution in [0.3, 0.4) is 0 Å². The third kappa shape index (κ3) is 10.9. The van der Waals surface area contributed by atoms with Gasteiger partial charge in [0.1, 0.15) is 23.9 Å². The molecule has 0 amide bonds. The van der Waals surface area contributed by atoms with Crippen molar-refractivity contribution in [1.29, 1.82) is 0 Å². The number of hydrogen-bond donors (Lipinski definition) is 4. The molecule has 0 aromatic rings. The van der Waals surface area contributed by atoms with Crippen LogP contribution in [0.4, 0.5) is 0 Å². The van der Waals surface area contributed by atoms with Crippen LogP contribution in [0.5, 0.6) is 0 Å². The molecule has 0 aliphatic carbocycles. The van der Waals surface area contributed by atoms with E-state index >= 15 is 0 Å². The highest BCUT2D eigenvalue weighted by Crippen LogP contribution is 2.43. The summed E-state index contributed by atoms with van der Waals surface area (Å²) in [5.41, 5.74) is -3.17. The van der Waals surface area contributed by atoms with E-state index in [1.807, 2.05) is 46.6 Å². The number of carbonyl (C=O) groups excluding carboxylic acids is 1. The van der Waals surface area contributed by atoms with Gasteiger partial charge in [0.05, 0.1) is 66.6 Å². The molecule has 4 fully saturated rings. The van der Waals surface area contributed by atoms with Crippen molar-refractivity contribution >= 4 is 11.7 Å². The van der Waals surface area contributed by atoms with E-state index in [4.69, 9.17) is 44.3 Å². The fourth-order valence-electron chi connectivity index (χ4n) is 9.87. The molecular weight excluding hydrogens is 764 g/mol. The van der Waals surface area contributed by atoms with Gasteiger partial charge in [-0.3, -0.25) is 9.69 Å². The summed E-state index contributed by atoms with van der Waals surface area (Å²) in [5, 5.41) is 49.9. The lowest BCUT2D eigenvalue weighted by Crippen LogP contribution is -2.62. The van der Waals surface area contributed by atoms with E-state index < -0.39 is 102 Å². The topological polar surface area (TPSA) is 187 Å². The SMILES string of the molecule is C#CCCN(C)[C@H]1C[C@@H](C)OC(OC2[C@@H](C)C(OC3C[C@@](C)(OC)[C@@H](O)[C@H](C)O3)[C@@H](C)C(=O)O[C@H](CC)[C@@](C)(O)C3OCC(=C)CO[C@]2(C)C[C@@H](C)/C(=N\O)[C@@H]3C)[C@@H]1O. The fourth-order valence-corrected chi connectivity index (χ4v) is 9.87. The summed E-state index contributed by atoms with van der Waals surface area (Å²) >= 11 is 0. The van der Waals surface area contributed by atoms with Crippen molar-refractivity contribution in [2.75, 3.05) is 33.9 Å². The fraction of sp³-hybridized carbons (Fsp3) is 0.864. The Morgan fingerprint density at radius 2 is 1.71 bits per heavy atom. The molecule has 59 heavy (non-hydrogen) atoms. The monoisotopic (exact) mass is 839 g/mol. The molecule has 0 saturated carbocycles. The van der Waals surface area contributed by atoms with Crippen LogP contribution in [0.2, 0.25) is 0 Å². The quantitative estimate of drug-likeness (QED) is 0.0857. The summed E-state index contributed by atoms with van der Waals surface area (Å²) in [4.78, 5) is 16.6. The van der Waals surface area contributed by atoms with Crippen LogP contribution in [-0.4, -0.2) is 155 Å². The Balaban J connectivity index is 1.95. The highest BCUT2D eigenvalue weighted by Gasteiger charge is 2.55. The molecule has 0 aromatic carbocycles. The number of carbonyl (C=O) groups is 1. The van der Waals surface area contributed by atoms with Gasteiger partial charge in [0.15, 0.2) is 12.6 Å². The first kappa shape index (κ1) is 49.5. The van der Waals surface area contributed by atoms with E-state index in [9.17, 15) is 25.3 Å². The van der Waals surface area contributed by atoms with Gasteiger partial charge >= 0.3 is 5.97 Å². The number of terminal acetylenes is 1. The van der Waals surface area contributed by atoms with Crippen LogP contribution < -0.4 is 0 Å². The standard InChI is InChI=1S/C44H74N2O13/c1-15-17-18-46(13)31-19-26(5)55-41(35(31)47)59-38-28(7)36(58-33-21-42(10,52-14)37(48)30(9)56-33)29(8)40(49)57-32(16-2)44(12,50)39-27(6)34(45-51)25(4)20-43(38,11)54-23-24(3)22-53-39/h1,25-33,35-39,41,47-48,50-51H,3,16-23H2,2,4-14H3/b45-34+/t25-,26-,27+,28+,29-,30+,31+,32-,33?,35-,36?,37+,38?,39?,41?,42-,43-,44-/m1/s1. The molecular formula is C44H74N2O13. The molecule has 15 heteroatoms. The van der Waals surface area contributed by atoms with Gasteiger partial charge in [-0.15, -0.1) is 12.3 Å². The van der Waals surface area contributed by atoms with E-state index in [1.54, 1.807) is 34.6 Å². The van der Waals surface area contributed by atoms with Crippen LogP contribution >= 0.6 is 0 Å². The van der Waals surface area contributed by atoms with E-state index in [0.717, 1.165) is 0 Å². The minimum Gasteiger partial charge on any atom is -0.459 e. The Morgan fingerprint density at radius 3 is 2.32 bits per heavy atom. The lowest BCUT2D eigenvalue weighted by Gasteiger charge is -2.50. The van der Waals surface area contributed by atoms with Crippen LogP contribution in [0, 0.1) is 36.0 Å². The predicted octanol–water partition coefficient (Wildman–Crippen LogP) is 4.06. The number of aliphatic hydroxyl groups excluding tert-OH is 2. The van der Waals surface area contributed by atoms with Gasteiger partial charge in [-0.2, -0.15) is 0 Å². The van der Waals surface area contributed by atoms with Gasteiger partial charge in [-0.1, -0.05) is 39.4 Å². The third-order valence-corrected chi connectivity index (χ3v) is 13.5. The molecule has 18 atom stereocenters. The maximum atomic E-state index is 14.6. The molecule has 2 bridgehead atoms. The van der Waals surface area contributed by atoms with E-state index in [2.05, 4.69) is 17.7 Å². The van der Waals surface area contributed by atoms with Crippen LogP contribution in [0.15, 0.2) is 17.3 Å². The summed E-state index contributed by atoms with van der Waals surface area (Å²) in [6, 6.07) is -0.357. The molecule has 15 nitrogen and oxygen atoms in total. The molecule has 0 radical (unpaired) electrons. The van der Waals surface area contributed by atoms with E-state index in [1.165, 1.54) is 7.11 Å². The first-order valence-electron chi connectivity index (χ1n) is 21.3. The van der Waals surface area contributed by atoms with Gasteiger partial charge in [-0.05, 0) is 73.4 Å². The summed E-state index contributed by atoms with van der Waals surface area (Å²) in [6.45, 7) is 22.8. The average molecular weight is 839 g/mol. The normalized spacial score (nSPS) is 46.5. The minimum absolute atomic E-state index is 0.0170. The second kappa shape index (κ2) is 20.3. The second-order valence-electron chi connectivity index (χ2n) is 18.3. The minimum atomic E-state index is -1.76. The number of fused-ring (bicyclic) bond motifs is 5. The smallest absolute Gasteiger partial charge is 0.311 e. The molecule has 4 saturated heterocycles. The Morgan fingerprint density at radius 1 is 1.03 bits per heavy atom. The number of ether oxygens (including phenoxy) is 8. The van der Waals surface area contributed by atoms with E-state index in [-0.39, 0.29) is 44.6 Å². The number of cyclic esters (lactones) is 1. The summed E-state index contributed by atoms with van der Waals surface area (Å²) in [7, 11) is 3.43. The zero-order chi connectivity index (χ0) is 44.2. The van der Waals surface area contributed by atoms with Gasteiger partial charge < -0.3 is 58.4 Å². The Labute approximate surface area is 352 Å². The largest absolute Gasteiger partial charge is 0.459 e. The van der Waals surface area contributed by atoms with Crippen molar-refractivity contribution in [3.63, 3.8) is 0 Å². The van der Waals surface area contributed by atoms with Crippen LogP contribution in [0.25, 0.3) is 0 Å². The number of esters is 1. The Kier molecular flexibility index (Phi) is 17.0. The first-order chi connectivity index (χ1) is 27.6. The maximum Gasteiger partial charge on any atom is 0.311 e.